The molecule has 0 aromatic rings. The van der Waals surface area contributed by atoms with E-state index in [0.29, 0.717) is 5.92 Å². The lowest BCUT2D eigenvalue weighted by atomic mass is 9.99. The Morgan fingerprint density at radius 1 is 1.38 bits per heavy atom. The molecule has 0 aromatic carbocycles. The highest BCUT2D eigenvalue weighted by atomic mass is 14.7. The van der Waals surface area contributed by atoms with Gasteiger partial charge in [0, 0.05) is 6.54 Å². The van der Waals surface area contributed by atoms with Crippen molar-refractivity contribution < 1.29 is 0 Å². The Morgan fingerprint density at radius 2 is 1.88 bits per heavy atom. The van der Waals surface area contributed by atoms with E-state index in [1.165, 1.54) is 0 Å². The molecule has 0 rings (SSSR count). The monoisotopic (exact) mass is 113 g/mol. The molecule has 1 atom stereocenters. The van der Waals surface area contributed by atoms with Gasteiger partial charge < -0.3 is 4.99 Å². The smallest absolute Gasteiger partial charge is 0.0410 e. The maximum atomic E-state index is 3.81. The van der Waals surface area contributed by atoms with Crippen molar-refractivity contribution in [1.29, 1.82) is 0 Å². The van der Waals surface area contributed by atoms with Crippen molar-refractivity contribution >= 4 is 6.72 Å². The number of rotatable bonds is 3. The van der Waals surface area contributed by atoms with Crippen molar-refractivity contribution in [2.24, 2.45) is 16.8 Å². The van der Waals surface area contributed by atoms with Gasteiger partial charge in [0.1, 0.15) is 0 Å². The van der Waals surface area contributed by atoms with Gasteiger partial charge in [0.25, 0.3) is 0 Å². The molecule has 48 valence electrons. The van der Waals surface area contributed by atoms with Gasteiger partial charge in [0.15, 0.2) is 0 Å². The number of aliphatic imine (C=N–C) groups is 1. The summed E-state index contributed by atoms with van der Waals surface area (Å²) in [5.41, 5.74) is 0. The molecule has 0 aromatic heterocycles. The zero-order valence-electron chi connectivity index (χ0n) is 6.02. The van der Waals surface area contributed by atoms with Crippen LogP contribution >= 0.6 is 0 Å². The van der Waals surface area contributed by atoms with Crippen LogP contribution in [-0.4, -0.2) is 13.3 Å². The fraction of sp³-hybridized carbons (Fsp3) is 0.857. The van der Waals surface area contributed by atoms with Crippen LogP contribution in [0.5, 0.6) is 0 Å². The SMILES string of the molecule is C=NC[C@H](C)C(C)C. The first-order chi connectivity index (χ1) is 3.68. The lowest BCUT2D eigenvalue weighted by Gasteiger charge is -2.10. The van der Waals surface area contributed by atoms with E-state index < -0.39 is 0 Å². The maximum Gasteiger partial charge on any atom is 0.0410 e. The molecular weight excluding hydrogens is 98.1 g/mol. The molecular formula is C7H15N. The van der Waals surface area contributed by atoms with Crippen molar-refractivity contribution in [1.82, 2.24) is 0 Å². The second kappa shape index (κ2) is 3.65. The second-order valence-electron chi connectivity index (χ2n) is 2.63. The third-order valence-corrected chi connectivity index (χ3v) is 1.56. The summed E-state index contributed by atoms with van der Waals surface area (Å²) < 4.78 is 0. The topological polar surface area (TPSA) is 12.4 Å². The molecule has 0 aliphatic carbocycles. The minimum atomic E-state index is 0.687. The normalized spacial score (nSPS) is 14.0. The van der Waals surface area contributed by atoms with Crippen LogP contribution in [0.25, 0.3) is 0 Å². The van der Waals surface area contributed by atoms with Crippen molar-refractivity contribution in [2.75, 3.05) is 6.54 Å². The molecule has 0 amide bonds. The number of nitrogens with zero attached hydrogens (tertiary/aromatic N) is 1. The molecule has 0 saturated heterocycles. The standard InChI is InChI=1S/C7H15N/c1-6(2)7(3)5-8-4/h6-7H,4-5H2,1-3H3/t7-/m0/s1. The number of hydrogen-bond acceptors (Lipinski definition) is 1. The molecule has 0 unspecified atom stereocenters. The van der Waals surface area contributed by atoms with E-state index in [1.807, 2.05) is 0 Å². The van der Waals surface area contributed by atoms with E-state index in [1.54, 1.807) is 0 Å². The Bertz CT molecular complexity index is 66.8. The Morgan fingerprint density at radius 3 is 2.00 bits per heavy atom. The summed E-state index contributed by atoms with van der Waals surface area (Å²) in [6.07, 6.45) is 0. The first-order valence-corrected chi connectivity index (χ1v) is 3.11. The predicted octanol–water partition coefficient (Wildman–Crippen LogP) is 1.98. The van der Waals surface area contributed by atoms with Gasteiger partial charge >= 0.3 is 0 Å². The third kappa shape index (κ3) is 2.78. The average Bonchev–Trinajstić information content (AvgIpc) is 1.67. The van der Waals surface area contributed by atoms with Crippen LogP contribution in [0.3, 0.4) is 0 Å². The highest BCUT2D eigenvalue weighted by Gasteiger charge is 2.03. The molecule has 0 aliphatic heterocycles. The number of hydrogen-bond donors (Lipinski definition) is 0. The average molecular weight is 113 g/mol. The largest absolute Gasteiger partial charge is 0.301 e. The first kappa shape index (κ1) is 7.67. The quantitative estimate of drug-likeness (QED) is 0.496. The second-order valence-corrected chi connectivity index (χ2v) is 2.63. The molecule has 8 heavy (non-hydrogen) atoms. The molecule has 0 radical (unpaired) electrons. The molecule has 1 heteroatoms. The summed E-state index contributed by atoms with van der Waals surface area (Å²) in [7, 11) is 0. The zero-order chi connectivity index (χ0) is 6.57. The van der Waals surface area contributed by atoms with Crippen molar-refractivity contribution in [3.05, 3.63) is 0 Å². The summed E-state index contributed by atoms with van der Waals surface area (Å²) in [5.74, 6) is 1.42. The van der Waals surface area contributed by atoms with Crippen LogP contribution in [0, 0.1) is 11.8 Å². The van der Waals surface area contributed by atoms with Gasteiger partial charge in [-0.25, -0.2) is 0 Å². The fourth-order valence-electron chi connectivity index (χ4n) is 0.414. The lowest BCUT2D eigenvalue weighted by Crippen LogP contribution is -2.06. The minimum absolute atomic E-state index is 0.687. The molecule has 0 fully saturated rings. The Hall–Kier alpha value is -0.330. The molecule has 0 saturated carbocycles. The van der Waals surface area contributed by atoms with Crippen LogP contribution in [0.4, 0.5) is 0 Å². The summed E-state index contributed by atoms with van der Waals surface area (Å²) >= 11 is 0. The fourth-order valence-corrected chi connectivity index (χ4v) is 0.414. The summed E-state index contributed by atoms with van der Waals surface area (Å²) in [5, 5.41) is 0. The van der Waals surface area contributed by atoms with E-state index in [-0.39, 0.29) is 0 Å². The Balaban J connectivity index is 3.30. The zero-order valence-corrected chi connectivity index (χ0v) is 6.02. The van der Waals surface area contributed by atoms with Crippen molar-refractivity contribution in [2.45, 2.75) is 20.8 Å². The van der Waals surface area contributed by atoms with Crippen molar-refractivity contribution in [3.63, 3.8) is 0 Å². The van der Waals surface area contributed by atoms with Crippen LogP contribution in [0.2, 0.25) is 0 Å². The highest BCUT2D eigenvalue weighted by Crippen LogP contribution is 2.08. The van der Waals surface area contributed by atoms with Gasteiger partial charge in [-0.15, -0.1) is 0 Å². The van der Waals surface area contributed by atoms with Crippen LogP contribution < -0.4 is 0 Å². The summed E-state index contributed by atoms with van der Waals surface area (Å²) in [6, 6.07) is 0. The van der Waals surface area contributed by atoms with Crippen LogP contribution in [0.15, 0.2) is 4.99 Å². The van der Waals surface area contributed by atoms with E-state index in [4.69, 9.17) is 0 Å². The van der Waals surface area contributed by atoms with Crippen LogP contribution in [0.1, 0.15) is 20.8 Å². The maximum absolute atomic E-state index is 3.81. The lowest BCUT2D eigenvalue weighted by molar-refractivity contribution is 0.431. The third-order valence-electron chi connectivity index (χ3n) is 1.56. The van der Waals surface area contributed by atoms with E-state index in [9.17, 15) is 0 Å². The van der Waals surface area contributed by atoms with Gasteiger partial charge in [0.2, 0.25) is 0 Å². The minimum Gasteiger partial charge on any atom is -0.301 e. The Kier molecular flexibility index (Phi) is 3.49. The van der Waals surface area contributed by atoms with E-state index in [0.717, 1.165) is 12.5 Å². The Labute approximate surface area is 51.8 Å². The molecule has 1 nitrogen and oxygen atoms in total. The van der Waals surface area contributed by atoms with Gasteiger partial charge in [0.05, 0.1) is 0 Å². The van der Waals surface area contributed by atoms with E-state index in [2.05, 4.69) is 32.5 Å². The molecule has 0 aliphatic rings. The molecule has 0 bridgehead atoms. The molecule has 0 spiro atoms. The van der Waals surface area contributed by atoms with Gasteiger partial charge in [-0.3, -0.25) is 0 Å². The van der Waals surface area contributed by atoms with Gasteiger partial charge in [-0.2, -0.15) is 0 Å². The first-order valence-electron chi connectivity index (χ1n) is 3.11. The van der Waals surface area contributed by atoms with Gasteiger partial charge in [-0.05, 0) is 18.6 Å². The predicted molar refractivity (Wildman–Crippen MR) is 38.4 cm³/mol. The van der Waals surface area contributed by atoms with Crippen LogP contribution in [-0.2, 0) is 0 Å². The molecule has 0 heterocycles. The summed E-state index contributed by atoms with van der Waals surface area (Å²) in [4.78, 5) is 3.81. The van der Waals surface area contributed by atoms with E-state index >= 15 is 0 Å². The molecule has 0 N–H and O–H groups in total. The summed E-state index contributed by atoms with van der Waals surface area (Å²) in [6.45, 7) is 10.9. The highest BCUT2D eigenvalue weighted by molar-refractivity contribution is 5.23. The van der Waals surface area contributed by atoms with Crippen molar-refractivity contribution in [3.8, 4) is 0 Å². The van der Waals surface area contributed by atoms with Gasteiger partial charge in [-0.1, -0.05) is 20.8 Å².